The lowest BCUT2D eigenvalue weighted by Gasteiger charge is -2.33. The molecule has 1 aliphatic rings. The maximum Gasteiger partial charge on any atom is 0.115 e. The highest BCUT2D eigenvalue weighted by molar-refractivity contribution is 5.31. The fourth-order valence-corrected chi connectivity index (χ4v) is 3.75. The van der Waals surface area contributed by atoms with Gasteiger partial charge in [-0.2, -0.15) is 0 Å². The van der Waals surface area contributed by atoms with E-state index < -0.39 is 0 Å². The normalized spacial score (nSPS) is 21.2. The molecular formula is C21H27NO. The van der Waals surface area contributed by atoms with Crippen molar-refractivity contribution in [2.45, 2.75) is 50.5 Å². The second-order valence-electron chi connectivity index (χ2n) is 6.64. The standard InChI is InChI=1S/C21H27NO/c23-19-12-6-11-18(16-19)20-13-4-5-14-21(20)22-15-7-10-17-8-2-1-3-9-17/h1-3,6,8-9,11-12,16,20-23H,4-5,7,10,13-15H2. The van der Waals surface area contributed by atoms with Gasteiger partial charge in [0.15, 0.2) is 0 Å². The van der Waals surface area contributed by atoms with Gasteiger partial charge in [-0.1, -0.05) is 55.3 Å². The molecule has 0 bridgehead atoms. The number of aromatic hydroxyl groups is 1. The van der Waals surface area contributed by atoms with Crippen LogP contribution >= 0.6 is 0 Å². The molecule has 0 spiro atoms. The third kappa shape index (κ3) is 4.59. The van der Waals surface area contributed by atoms with Crippen LogP contribution < -0.4 is 5.32 Å². The number of hydrogen-bond donors (Lipinski definition) is 2. The molecule has 2 N–H and O–H groups in total. The summed E-state index contributed by atoms with van der Waals surface area (Å²) < 4.78 is 0. The molecule has 1 aliphatic carbocycles. The number of hydrogen-bond acceptors (Lipinski definition) is 2. The molecule has 122 valence electrons. The van der Waals surface area contributed by atoms with Gasteiger partial charge >= 0.3 is 0 Å². The van der Waals surface area contributed by atoms with E-state index in [0.717, 1.165) is 13.0 Å². The quantitative estimate of drug-likeness (QED) is 0.762. The summed E-state index contributed by atoms with van der Waals surface area (Å²) in [5.41, 5.74) is 2.70. The molecule has 3 rings (SSSR count). The number of benzene rings is 2. The van der Waals surface area contributed by atoms with E-state index in [2.05, 4.69) is 41.7 Å². The molecule has 1 saturated carbocycles. The second-order valence-corrected chi connectivity index (χ2v) is 6.64. The van der Waals surface area contributed by atoms with E-state index >= 15 is 0 Å². The molecule has 2 heteroatoms. The van der Waals surface area contributed by atoms with Gasteiger partial charge in [-0.25, -0.2) is 0 Å². The third-order valence-corrected chi connectivity index (χ3v) is 4.96. The van der Waals surface area contributed by atoms with Gasteiger partial charge in [0.05, 0.1) is 0 Å². The van der Waals surface area contributed by atoms with Gasteiger partial charge in [0.2, 0.25) is 0 Å². The van der Waals surface area contributed by atoms with Crippen LogP contribution in [0.5, 0.6) is 5.75 Å². The summed E-state index contributed by atoms with van der Waals surface area (Å²) in [6.45, 7) is 1.06. The number of rotatable bonds is 6. The number of nitrogens with one attached hydrogen (secondary N) is 1. The van der Waals surface area contributed by atoms with E-state index in [0.29, 0.717) is 17.7 Å². The van der Waals surface area contributed by atoms with Crippen LogP contribution in [0.25, 0.3) is 0 Å². The Morgan fingerprint density at radius 2 is 1.78 bits per heavy atom. The predicted molar refractivity (Wildman–Crippen MR) is 95.9 cm³/mol. The average Bonchev–Trinajstić information content (AvgIpc) is 2.60. The Labute approximate surface area is 139 Å². The van der Waals surface area contributed by atoms with Crippen molar-refractivity contribution in [2.75, 3.05) is 6.54 Å². The Bertz CT molecular complexity index is 596. The zero-order valence-corrected chi connectivity index (χ0v) is 13.7. The first-order valence-electron chi connectivity index (χ1n) is 8.89. The van der Waals surface area contributed by atoms with Crippen LogP contribution in [0.15, 0.2) is 54.6 Å². The lowest BCUT2D eigenvalue weighted by atomic mass is 9.80. The fraction of sp³-hybridized carbons (Fsp3) is 0.429. The monoisotopic (exact) mass is 309 g/mol. The SMILES string of the molecule is Oc1cccc(C2CCCCC2NCCCc2ccccc2)c1. The van der Waals surface area contributed by atoms with Crippen LogP contribution in [0.2, 0.25) is 0 Å². The van der Waals surface area contributed by atoms with Crippen molar-refractivity contribution in [3.8, 4) is 5.75 Å². The van der Waals surface area contributed by atoms with Gasteiger partial charge in [-0.3, -0.25) is 0 Å². The predicted octanol–water partition coefficient (Wildman–Crippen LogP) is 4.64. The lowest BCUT2D eigenvalue weighted by Crippen LogP contribution is -2.37. The minimum absolute atomic E-state index is 0.385. The third-order valence-electron chi connectivity index (χ3n) is 4.96. The highest BCUT2D eigenvalue weighted by Gasteiger charge is 2.26. The Morgan fingerprint density at radius 3 is 2.61 bits per heavy atom. The summed E-state index contributed by atoms with van der Waals surface area (Å²) in [6, 6.07) is 19.1. The van der Waals surface area contributed by atoms with E-state index in [9.17, 15) is 5.11 Å². The number of aryl methyl sites for hydroxylation is 1. The van der Waals surface area contributed by atoms with Crippen LogP contribution in [0.4, 0.5) is 0 Å². The van der Waals surface area contributed by atoms with Gasteiger partial charge in [-0.15, -0.1) is 0 Å². The zero-order valence-electron chi connectivity index (χ0n) is 13.7. The molecule has 2 unspecified atom stereocenters. The van der Waals surface area contributed by atoms with E-state index in [1.807, 2.05) is 12.1 Å². The van der Waals surface area contributed by atoms with Crippen LogP contribution in [0.1, 0.15) is 49.1 Å². The van der Waals surface area contributed by atoms with Crippen molar-refractivity contribution < 1.29 is 5.11 Å². The molecule has 0 aromatic heterocycles. The zero-order chi connectivity index (χ0) is 15.9. The highest BCUT2D eigenvalue weighted by atomic mass is 16.3. The summed E-state index contributed by atoms with van der Waals surface area (Å²) in [5.74, 6) is 0.920. The Kier molecular flexibility index (Phi) is 5.71. The maximum atomic E-state index is 9.75. The number of phenols is 1. The first kappa shape index (κ1) is 16.1. The lowest BCUT2D eigenvalue weighted by molar-refractivity contribution is 0.326. The fourth-order valence-electron chi connectivity index (χ4n) is 3.75. The van der Waals surface area contributed by atoms with Crippen molar-refractivity contribution in [3.63, 3.8) is 0 Å². The van der Waals surface area contributed by atoms with Gasteiger partial charge < -0.3 is 10.4 Å². The molecule has 0 aliphatic heterocycles. The first-order chi connectivity index (χ1) is 11.3. The average molecular weight is 309 g/mol. The van der Waals surface area contributed by atoms with E-state index in [-0.39, 0.29) is 0 Å². The van der Waals surface area contributed by atoms with E-state index in [4.69, 9.17) is 0 Å². The first-order valence-corrected chi connectivity index (χ1v) is 8.89. The van der Waals surface area contributed by atoms with Crippen LogP contribution in [-0.4, -0.2) is 17.7 Å². The molecular weight excluding hydrogens is 282 g/mol. The maximum absolute atomic E-state index is 9.75. The van der Waals surface area contributed by atoms with E-state index in [1.165, 1.54) is 43.2 Å². The Morgan fingerprint density at radius 1 is 0.957 bits per heavy atom. The molecule has 0 saturated heterocycles. The smallest absolute Gasteiger partial charge is 0.115 e. The molecule has 23 heavy (non-hydrogen) atoms. The van der Waals surface area contributed by atoms with Crippen molar-refractivity contribution in [3.05, 3.63) is 65.7 Å². The summed E-state index contributed by atoms with van der Waals surface area (Å²) in [5, 5.41) is 13.5. The molecule has 2 atom stereocenters. The highest BCUT2D eigenvalue weighted by Crippen LogP contribution is 2.34. The molecule has 2 aromatic rings. The largest absolute Gasteiger partial charge is 0.508 e. The number of phenolic OH excluding ortho intramolecular Hbond substituents is 1. The van der Waals surface area contributed by atoms with Gasteiger partial charge in [0.25, 0.3) is 0 Å². The van der Waals surface area contributed by atoms with Gasteiger partial charge in [-0.05, 0) is 61.4 Å². The van der Waals surface area contributed by atoms with Crippen molar-refractivity contribution in [2.24, 2.45) is 0 Å². The van der Waals surface area contributed by atoms with Crippen LogP contribution in [0.3, 0.4) is 0 Å². The van der Waals surface area contributed by atoms with Crippen molar-refractivity contribution in [1.29, 1.82) is 0 Å². The van der Waals surface area contributed by atoms with E-state index in [1.54, 1.807) is 6.07 Å². The topological polar surface area (TPSA) is 32.3 Å². The van der Waals surface area contributed by atoms with Crippen LogP contribution in [0, 0.1) is 0 Å². The van der Waals surface area contributed by atoms with Crippen molar-refractivity contribution >= 4 is 0 Å². The second kappa shape index (κ2) is 8.16. The molecule has 1 fully saturated rings. The molecule has 0 amide bonds. The molecule has 2 nitrogen and oxygen atoms in total. The summed E-state index contributed by atoms with van der Waals surface area (Å²) >= 11 is 0. The summed E-state index contributed by atoms with van der Waals surface area (Å²) in [7, 11) is 0. The minimum atomic E-state index is 0.385. The van der Waals surface area contributed by atoms with Gasteiger partial charge in [0.1, 0.15) is 5.75 Å². The molecule has 0 heterocycles. The molecule has 0 radical (unpaired) electrons. The Hall–Kier alpha value is -1.80. The Balaban J connectivity index is 1.52. The summed E-state index contributed by atoms with van der Waals surface area (Å²) in [6.07, 6.45) is 7.38. The van der Waals surface area contributed by atoms with Crippen molar-refractivity contribution in [1.82, 2.24) is 5.32 Å². The van der Waals surface area contributed by atoms with Gasteiger partial charge in [0, 0.05) is 6.04 Å². The summed E-state index contributed by atoms with van der Waals surface area (Å²) in [4.78, 5) is 0. The molecule has 2 aromatic carbocycles. The minimum Gasteiger partial charge on any atom is -0.508 e. The van der Waals surface area contributed by atoms with Crippen LogP contribution in [-0.2, 0) is 6.42 Å².